The SMILES string of the molecule is CC/C=C\C/C=C\C/C=C\C/C=C\C/C=C\CCCCCCCCCCCCCCCCCCCCCCCC(=O)NC(COC1OC(CO)C(OC2OC(CO)C(O)C(O)C2O)C(O)C1O)C(O)CCCCCCCCCCCCCCCCCCCCCCCCC. The number of allylic oxidation sites excluding steroid dienone is 10. The van der Waals surface area contributed by atoms with Gasteiger partial charge in [0.15, 0.2) is 12.6 Å². The molecule has 1 amide bonds. The maximum absolute atomic E-state index is 13.4. The first kappa shape index (κ1) is 87.8. The van der Waals surface area contributed by atoms with Crippen molar-refractivity contribution < 1.29 is 64.6 Å². The van der Waals surface area contributed by atoms with Crippen LogP contribution in [-0.4, -0.2) is 140 Å². The van der Waals surface area contributed by atoms with Crippen LogP contribution < -0.4 is 5.32 Å². The van der Waals surface area contributed by atoms with Crippen molar-refractivity contribution >= 4 is 5.91 Å². The lowest BCUT2D eigenvalue weighted by molar-refractivity contribution is -0.359. The molecule has 550 valence electrons. The van der Waals surface area contributed by atoms with Gasteiger partial charge in [-0.15, -0.1) is 0 Å². The second-order valence-corrected chi connectivity index (χ2v) is 27.8. The van der Waals surface area contributed by atoms with Crippen LogP contribution in [0.1, 0.15) is 348 Å². The molecule has 0 aromatic carbocycles. The number of hydrogen-bond donors (Lipinski definition) is 9. The van der Waals surface area contributed by atoms with E-state index in [2.05, 4.69) is 79.9 Å². The monoisotopic (exact) mass is 1330 g/mol. The van der Waals surface area contributed by atoms with Crippen LogP contribution in [0.5, 0.6) is 0 Å². The minimum Gasteiger partial charge on any atom is -0.394 e. The van der Waals surface area contributed by atoms with Gasteiger partial charge in [-0.2, -0.15) is 0 Å². The first-order valence-corrected chi connectivity index (χ1v) is 39.5. The number of nitrogens with one attached hydrogen (secondary N) is 1. The Kier molecular flexibility index (Phi) is 59.8. The second kappa shape index (κ2) is 64.1. The topological polar surface area (TPSA) is 228 Å². The summed E-state index contributed by atoms with van der Waals surface area (Å²) < 4.78 is 23.0. The Bertz CT molecular complexity index is 1810. The Balaban J connectivity index is 1.59. The highest BCUT2D eigenvalue weighted by Crippen LogP contribution is 2.30. The summed E-state index contributed by atoms with van der Waals surface area (Å²) in [6.45, 7) is 2.80. The van der Waals surface area contributed by atoms with E-state index in [-0.39, 0.29) is 12.5 Å². The van der Waals surface area contributed by atoms with E-state index >= 15 is 0 Å². The molecule has 2 saturated heterocycles. The normalized spacial score (nSPS) is 22.7. The zero-order valence-corrected chi connectivity index (χ0v) is 60.2. The molecule has 12 atom stereocenters. The van der Waals surface area contributed by atoms with Crippen LogP contribution in [0.15, 0.2) is 60.8 Å². The zero-order valence-electron chi connectivity index (χ0n) is 60.2. The Morgan fingerprint density at radius 3 is 1.13 bits per heavy atom. The Morgan fingerprint density at radius 2 is 0.734 bits per heavy atom. The van der Waals surface area contributed by atoms with E-state index < -0.39 is 86.8 Å². The smallest absolute Gasteiger partial charge is 0.220 e. The van der Waals surface area contributed by atoms with Gasteiger partial charge in [0.25, 0.3) is 0 Å². The van der Waals surface area contributed by atoms with Crippen molar-refractivity contribution in [2.75, 3.05) is 19.8 Å². The summed E-state index contributed by atoms with van der Waals surface area (Å²) in [5, 5.41) is 87.8. The van der Waals surface area contributed by atoms with Crippen molar-refractivity contribution in [2.24, 2.45) is 0 Å². The molecule has 14 heteroatoms. The van der Waals surface area contributed by atoms with Crippen molar-refractivity contribution in [1.29, 1.82) is 0 Å². The van der Waals surface area contributed by atoms with Crippen LogP contribution in [0.25, 0.3) is 0 Å². The molecule has 2 aliphatic rings. The van der Waals surface area contributed by atoms with E-state index in [0.717, 1.165) is 83.5 Å². The van der Waals surface area contributed by atoms with E-state index in [1.165, 1.54) is 238 Å². The van der Waals surface area contributed by atoms with Gasteiger partial charge in [0.1, 0.15) is 48.8 Å². The van der Waals surface area contributed by atoms with Crippen molar-refractivity contribution in [2.45, 2.75) is 421 Å². The standard InChI is InChI=1S/C80H147NO13/c1-3-5-7-9-11-13-15-17-19-21-23-25-27-28-29-30-31-32-33-34-35-36-37-38-39-40-42-44-46-48-50-52-54-56-58-60-62-64-72(85)81-68(67-91-79-77(90)75(88)78(71(66-83)93-79)94-80-76(89)74(87)73(86)70(65-82)92-80)69(84)63-61-59-57-55-53-51-49-47-45-43-41-26-24-22-20-18-16-14-12-10-8-6-4-2/h5,7,11,13,17,19,23,25,28-29,68-71,73-80,82-84,86-90H,3-4,6,8-10,12,14-16,18,20-22,24,26-27,30-67H2,1-2H3,(H,81,85)/b7-5-,13-11-,19-17-,25-23-,29-28-. The molecule has 14 nitrogen and oxygen atoms in total. The molecular formula is C80H147NO13. The number of carbonyl (C=O) groups excluding carboxylic acids is 1. The van der Waals surface area contributed by atoms with Crippen LogP contribution >= 0.6 is 0 Å². The zero-order chi connectivity index (χ0) is 68.0. The lowest BCUT2D eigenvalue weighted by atomic mass is 9.97. The number of ether oxygens (including phenoxy) is 4. The summed E-state index contributed by atoms with van der Waals surface area (Å²) in [5.41, 5.74) is 0. The third-order valence-electron chi connectivity index (χ3n) is 19.2. The first-order valence-electron chi connectivity index (χ1n) is 39.5. The fraction of sp³-hybridized carbons (Fsp3) is 0.863. The summed E-state index contributed by atoms with van der Waals surface area (Å²) in [6, 6.07) is -0.830. The van der Waals surface area contributed by atoms with E-state index in [1.54, 1.807) is 0 Å². The van der Waals surface area contributed by atoms with Gasteiger partial charge in [-0.1, -0.05) is 344 Å². The lowest BCUT2D eigenvalue weighted by Gasteiger charge is -2.46. The maximum atomic E-state index is 13.4. The average Bonchev–Trinajstić information content (AvgIpc) is 0.794. The summed E-state index contributed by atoms with van der Waals surface area (Å²) in [5.74, 6) is -0.200. The summed E-state index contributed by atoms with van der Waals surface area (Å²) in [6.07, 6.45) is 69.7. The highest BCUT2D eigenvalue weighted by atomic mass is 16.7. The van der Waals surface area contributed by atoms with Crippen LogP contribution in [0.4, 0.5) is 0 Å². The summed E-state index contributed by atoms with van der Waals surface area (Å²) >= 11 is 0. The molecule has 2 fully saturated rings. The van der Waals surface area contributed by atoms with Crippen LogP contribution in [-0.2, 0) is 23.7 Å². The Hall–Kier alpha value is -2.31. The molecule has 0 aromatic heterocycles. The van der Waals surface area contributed by atoms with E-state index in [0.29, 0.717) is 12.8 Å². The van der Waals surface area contributed by atoms with Gasteiger partial charge >= 0.3 is 0 Å². The van der Waals surface area contributed by atoms with Gasteiger partial charge in [-0.3, -0.25) is 4.79 Å². The number of amides is 1. The van der Waals surface area contributed by atoms with Gasteiger partial charge in [0.05, 0.1) is 32.0 Å². The molecule has 0 aromatic rings. The fourth-order valence-corrected chi connectivity index (χ4v) is 13.0. The Morgan fingerprint density at radius 1 is 0.394 bits per heavy atom. The second-order valence-electron chi connectivity index (χ2n) is 27.8. The van der Waals surface area contributed by atoms with Gasteiger partial charge in [0, 0.05) is 6.42 Å². The van der Waals surface area contributed by atoms with Crippen molar-refractivity contribution in [3.05, 3.63) is 60.8 Å². The molecular weight excluding hydrogens is 1180 g/mol. The molecule has 12 unspecified atom stereocenters. The molecule has 2 heterocycles. The number of unbranched alkanes of at least 4 members (excludes halogenated alkanes) is 43. The molecule has 94 heavy (non-hydrogen) atoms. The predicted molar refractivity (Wildman–Crippen MR) is 387 cm³/mol. The number of rotatable bonds is 66. The molecule has 0 radical (unpaired) electrons. The molecule has 0 spiro atoms. The van der Waals surface area contributed by atoms with Crippen LogP contribution in [0.3, 0.4) is 0 Å². The van der Waals surface area contributed by atoms with Gasteiger partial charge in [-0.25, -0.2) is 0 Å². The third-order valence-corrected chi connectivity index (χ3v) is 19.2. The average molecular weight is 1330 g/mol. The third kappa shape index (κ3) is 46.9. The summed E-state index contributed by atoms with van der Waals surface area (Å²) in [4.78, 5) is 13.4. The Labute approximate surface area is 575 Å². The van der Waals surface area contributed by atoms with E-state index in [9.17, 15) is 45.6 Å². The minimum atomic E-state index is -1.78. The van der Waals surface area contributed by atoms with E-state index in [1.807, 2.05) is 0 Å². The first-order chi connectivity index (χ1) is 46.1. The van der Waals surface area contributed by atoms with E-state index in [4.69, 9.17) is 18.9 Å². The lowest BCUT2D eigenvalue weighted by Crippen LogP contribution is -2.65. The van der Waals surface area contributed by atoms with Gasteiger partial charge in [-0.05, 0) is 57.8 Å². The molecule has 2 rings (SSSR count). The van der Waals surface area contributed by atoms with Crippen molar-refractivity contribution in [1.82, 2.24) is 5.32 Å². The van der Waals surface area contributed by atoms with Gasteiger partial charge < -0.3 is 65.1 Å². The predicted octanol–water partition coefficient (Wildman–Crippen LogP) is 17.6. The van der Waals surface area contributed by atoms with Crippen molar-refractivity contribution in [3.8, 4) is 0 Å². The fourth-order valence-electron chi connectivity index (χ4n) is 13.0. The number of aliphatic hydroxyl groups excluding tert-OH is 8. The maximum Gasteiger partial charge on any atom is 0.220 e. The molecule has 0 aliphatic carbocycles. The largest absolute Gasteiger partial charge is 0.394 e. The molecule has 0 saturated carbocycles. The highest BCUT2D eigenvalue weighted by molar-refractivity contribution is 5.76. The number of aliphatic hydroxyl groups is 8. The summed E-state index contributed by atoms with van der Waals surface area (Å²) in [7, 11) is 0. The quantitative estimate of drug-likeness (QED) is 0.0204. The minimum absolute atomic E-state index is 0.200. The molecule has 0 bridgehead atoms. The molecule has 2 aliphatic heterocycles. The number of carbonyl (C=O) groups is 1. The highest BCUT2D eigenvalue weighted by Gasteiger charge is 2.51. The van der Waals surface area contributed by atoms with Crippen LogP contribution in [0.2, 0.25) is 0 Å². The van der Waals surface area contributed by atoms with Crippen LogP contribution in [0, 0.1) is 0 Å². The van der Waals surface area contributed by atoms with Crippen molar-refractivity contribution in [3.63, 3.8) is 0 Å². The number of hydrogen-bond acceptors (Lipinski definition) is 13. The molecule has 9 N–H and O–H groups in total. The van der Waals surface area contributed by atoms with Gasteiger partial charge in [0.2, 0.25) is 5.91 Å².